The molecule has 146 valence electrons. The standard InChI is InChI=1S/C20H17F3N2O2S/c1-25(28(26,27)17-11-7-10-16(14-17)20(21,22)23)19(15-8-3-2-4-9-15)18-12-5-6-13-24-18/h2-14,19H,1H3. The molecule has 4 nitrogen and oxygen atoms in total. The molecule has 0 fully saturated rings. The summed E-state index contributed by atoms with van der Waals surface area (Å²) in [7, 11) is -2.89. The molecule has 0 aliphatic rings. The number of halogens is 3. The lowest BCUT2D eigenvalue weighted by atomic mass is 10.0. The minimum absolute atomic E-state index is 0.429. The van der Waals surface area contributed by atoms with E-state index in [0.29, 0.717) is 17.3 Å². The van der Waals surface area contributed by atoms with Crippen LogP contribution in [0.25, 0.3) is 0 Å². The molecule has 1 unspecified atom stereocenters. The number of aromatic nitrogens is 1. The van der Waals surface area contributed by atoms with E-state index in [1.165, 1.54) is 13.2 Å². The Labute approximate surface area is 161 Å². The van der Waals surface area contributed by atoms with Gasteiger partial charge >= 0.3 is 6.18 Å². The van der Waals surface area contributed by atoms with Crippen LogP contribution in [0, 0.1) is 0 Å². The van der Waals surface area contributed by atoms with Crippen LogP contribution in [0.15, 0.2) is 83.9 Å². The Hall–Kier alpha value is -2.71. The maximum absolute atomic E-state index is 13.1. The van der Waals surface area contributed by atoms with Gasteiger partial charge in [-0.25, -0.2) is 8.42 Å². The van der Waals surface area contributed by atoms with Crippen LogP contribution in [0.1, 0.15) is 22.9 Å². The molecule has 1 aromatic heterocycles. The van der Waals surface area contributed by atoms with E-state index < -0.39 is 32.7 Å². The van der Waals surface area contributed by atoms with E-state index >= 15 is 0 Å². The van der Waals surface area contributed by atoms with Gasteiger partial charge in [-0.05, 0) is 35.9 Å². The average Bonchev–Trinajstić information content (AvgIpc) is 2.69. The second kappa shape index (κ2) is 7.73. The third-order valence-corrected chi connectivity index (χ3v) is 6.10. The van der Waals surface area contributed by atoms with Gasteiger partial charge in [-0.15, -0.1) is 0 Å². The summed E-state index contributed by atoms with van der Waals surface area (Å²) in [6.45, 7) is 0. The number of hydrogen-bond donors (Lipinski definition) is 0. The summed E-state index contributed by atoms with van der Waals surface area (Å²) in [6.07, 6.45) is -3.10. The molecule has 0 aliphatic heterocycles. The Kier molecular flexibility index (Phi) is 5.53. The maximum atomic E-state index is 13.1. The van der Waals surface area contributed by atoms with Crippen LogP contribution in [-0.4, -0.2) is 24.8 Å². The van der Waals surface area contributed by atoms with Gasteiger partial charge in [-0.1, -0.05) is 42.5 Å². The third-order valence-electron chi connectivity index (χ3n) is 4.29. The number of rotatable bonds is 5. The van der Waals surface area contributed by atoms with E-state index in [-0.39, 0.29) is 0 Å². The van der Waals surface area contributed by atoms with Crippen molar-refractivity contribution in [1.82, 2.24) is 9.29 Å². The predicted octanol–water partition coefficient (Wildman–Crippen LogP) is 4.51. The lowest BCUT2D eigenvalue weighted by Crippen LogP contribution is -2.32. The molecular formula is C20H17F3N2O2S. The summed E-state index contributed by atoms with van der Waals surface area (Å²) in [4.78, 5) is 3.83. The first kappa shape index (κ1) is 20.0. The zero-order valence-electron chi connectivity index (χ0n) is 14.8. The summed E-state index contributed by atoms with van der Waals surface area (Å²) < 4.78 is 66.4. The highest BCUT2D eigenvalue weighted by atomic mass is 32.2. The number of hydrogen-bond acceptors (Lipinski definition) is 3. The Morgan fingerprint density at radius 1 is 0.929 bits per heavy atom. The topological polar surface area (TPSA) is 50.3 Å². The van der Waals surface area contributed by atoms with E-state index in [1.807, 2.05) is 0 Å². The van der Waals surface area contributed by atoms with Gasteiger partial charge < -0.3 is 0 Å². The van der Waals surface area contributed by atoms with E-state index in [4.69, 9.17) is 0 Å². The molecular weight excluding hydrogens is 389 g/mol. The molecule has 3 aromatic rings. The second-order valence-corrected chi connectivity index (χ2v) is 8.11. The Morgan fingerprint density at radius 2 is 1.61 bits per heavy atom. The zero-order valence-corrected chi connectivity index (χ0v) is 15.7. The fourth-order valence-electron chi connectivity index (χ4n) is 2.88. The van der Waals surface area contributed by atoms with Crippen LogP contribution in [0.4, 0.5) is 13.2 Å². The molecule has 0 spiro atoms. The summed E-state index contributed by atoms with van der Waals surface area (Å²) >= 11 is 0. The summed E-state index contributed by atoms with van der Waals surface area (Å²) in [5, 5.41) is 0. The average molecular weight is 406 g/mol. The van der Waals surface area contributed by atoms with Crippen LogP contribution in [0.5, 0.6) is 0 Å². The molecule has 0 bridgehead atoms. The van der Waals surface area contributed by atoms with Crippen molar-refractivity contribution in [1.29, 1.82) is 0 Å². The van der Waals surface area contributed by atoms with Gasteiger partial charge in [0.2, 0.25) is 10.0 Å². The fourth-order valence-corrected chi connectivity index (χ4v) is 4.24. The van der Waals surface area contributed by atoms with Gasteiger partial charge in [-0.3, -0.25) is 4.98 Å². The molecule has 2 aromatic carbocycles. The number of alkyl halides is 3. The van der Waals surface area contributed by atoms with Gasteiger partial charge in [-0.2, -0.15) is 17.5 Å². The van der Waals surface area contributed by atoms with E-state index in [0.717, 1.165) is 22.5 Å². The fraction of sp³-hybridized carbons (Fsp3) is 0.150. The van der Waals surface area contributed by atoms with Gasteiger partial charge in [0, 0.05) is 13.2 Å². The minimum Gasteiger partial charge on any atom is -0.259 e. The molecule has 0 amide bonds. The molecule has 0 radical (unpaired) electrons. The molecule has 8 heteroatoms. The van der Waals surface area contributed by atoms with Crippen molar-refractivity contribution in [3.8, 4) is 0 Å². The van der Waals surface area contributed by atoms with Crippen molar-refractivity contribution in [2.75, 3.05) is 7.05 Å². The lowest BCUT2D eigenvalue weighted by molar-refractivity contribution is -0.137. The lowest BCUT2D eigenvalue weighted by Gasteiger charge is -2.27. The predicted molar refractivity (Wildman–Crippen MR) is 98.9 cm³/mol. The molecule has 28 heavy (non-hydrogen) atoms. The first-order valence-electron chi connectivity index (χ1n) is 8.32. The van der Waals surface area contributed by atoms with Gasteiger partial charge in [0.25, 0.3) is 0 Å². The Bertz CT molecular complexity index is 1000. The van der Waals surface area contributed by atoms with Crippen LogP contribution in [-0.2, 0) is 16.2 Å². The molecule has 0 saturated carbocycles. The molecule has 0 saturated heterocycles. The minimum atomic E-state index is -4.64. The number of benzene rings is 2. The van der Waals surface area contributed by atoms with Crippen molar-refractivity contribution < 1.29 is 21.6 Å². The van der Waals surface area contributed by atoms with Crippen molar-refractivity contribution in [2.24, 2.45) is 0 Å². The van der Waals surface area contributed by atoms with Crippen molar-refractivity contribution in [2.45, 2.75) is 17.1 Å². The molecule has 0 aliphatic carbocycles. The SMILES string of the molecule is CN(C(c1ccccc1)c1ccccn1)S(=O)(=O)c1cccc(C(F)(F)F)c1. The highest BCUT2D eigenvalue weighted by molar-refractivity contribution is 7.89. The highest BCUT2D eigenvalue weighted by Gasteiger charge is 2.35. The van der Waals surface area contributed by atoms with Crippen molar-refractivity contribution in [3.63, 3.8) is 0 Å². The largest absolute Gasteiger partial charge is 0.416 e. The first-order chi connectivity index (χ1) is 13.2. The third kappa shape index (κ3) is 4.07. The van der Waals surface area contributed by atoms with Gasteiger partial charge in [0.15, 0.2) is 0 Å². The van der Waals surface area contributed by atoms with E-state index in [9.17, 15) is 21.6 Å². The summed E-state index contributed by atoms with van der Waals surface area (Å²) in [6, 6.07) is 16.8. The van der Waals surface area contributed by atoms with Gasteiger partial charge in [0.1, 0.15) is 0 Å². The van der Waals surface area contributed by atoms with Crippen molar-refractivity contribution >= 4 is 10.0 Å². The quantitative estimate of drug-likeness (QED) is 0.626. The summed E-state index contributed by atoms with van der Waals surface area (Å²) in [5.74, 6) is 0. The van der Waals surface area contributed by atoms with Crippen LogP contribution >= 0.6 is 0 Å². The number of nitrogens with zero attached hydrogens (tertiary/aromatic N) is 2. The normalized spacial score (nSPS) is 13.5. The van der Waals surface area contributed by atoms with E-state index in [2.05, 4.69) is 4.98 Å². The highest BCUT2D eigenvalue weighted by Crippen LogP contribution is 2.34. The zero-order chi connectivity index (χ0) is 20.4. The van der Waals surface area contributed by atoms with Crippen LogP contribution in [0.3, 0.4) is 0 Å². The smallest absolute Gasteiger partial charge is 0.259 e. The van der Waals surface area contributed by atoms with Crippen LogP contribution in [0.2, 0.25) is 0 Å². The molecule has 3 rings (SSSR count). The Balaban J connectivity index is 2.09. The number of pyridine rings is 1. The molecule has 1 heterocycles. The molecule has 1 atom stereocenters. The monoisotopic (exact) mass is 406 g/mol. The maximum Gasteiger partial charge on any atom is 0.416 e. The number of sulfonamides is 1. The molecule has 0 N–H and O–H groups in total. The van der Waals surface area contributed by atoms with Crippen LogP contribution < -0.4 is 0 Å². The Morgan fingerprint density at radius 3 is 2.21 bits per heavy atom. The first-order valence-corrected chi connectivity index (χ1v) is 9.76. The second-order valence-electron chi connectivity index (χ2n) is 6.11. The van der Waals surface area contributed by atoms with E-state index in [1.54, 1.807) is 48.5 Å². The summed E-state index contributed by atoms with van der Waals surface area (Å²) in [5.41, 5.74) is 0.0991. The van der Waals surface area contributed by atoms with Gasteiger partial charge in [0.05, 0.1) is 22.2 Å². The van der Waals surface area contributed by atoms with Crippen molar-refractivity contribution in [3.05, 3.63) is 95.8 Å².